The van der Waals surface area contributed by atoms with Crippen molar-refractivity contribution in [3.05, 3.63) is 23.8 Å². The Morgan fingerprint density at radius 3 is 2.58 bits per heavy atom. The fraction of sp³-hybridized carbons (Fsp3) is 0.417. The molecule has 0 spiro atoms. The van der Waals surface area contributed by atoms with Crippen molar-refractivity contribution in [2.24, 2.45) is 5.92 Å². The van der Waals surface area contributed by atoms with Crippen LogP contribution in [-0.4, -0.2) is 30.6 Å². The van der Waals surface area contributed by atoms with Crippen molar-refractivity contribution in [2.45, 2.75) is 30.7 Å². The van der Waals surface area contributed by atoms with E-state index in [-0.39, 0.29) is 10.9 Å². The van der Waals surface area contributed by atoms with E-state index in [1.54, 1.807) is 6.92 Å². The zero-order chi connectivity index (χ0) is 14.2. The zero-order valence-electron chi connectivity index (χ0n) is 10.3. The van der Waals surface area contributed by atoms with Gasteiger partial charge in [0, 0.05) is 6.04 Å². The molecule has 0 saturated heterocycles. The molecule has 0 amide bonds. The molecule has 0 aromatic heterocycles. The Hall–Kier alpha value is -1.60. The summed E-state index contributed by atoms with van der Waals surface area (Å²) in [6.45, 7) is 1.79. The van der Waals surface area contributed by atoms with E-state index in [4.69, 9.17) is 5.11 Å². The van der Waals surface area contributed by atoms with Crippen LogP contribution < -0.4 is 4.72 Å². The molecule has 0 heterocycles. The predicted octanol–water partition coefficient (Wildman–Crippen LogP) is 1.17. The maximum Gasteiger partial charge on any atom is 0.339 e. The van der Waals surface area contributed by atoms with Gasteiger partial charge in [0.05, 0.1) is 4.90 Å². The lowest BCUT2D eigenvalue weighted by Crippen LogP contribution is -2.34. The highest BCUT2D eigenvalue weighted by atomic mass is 32.2. The van der Waals surface area contributed by atoms with E-state index in [2.05, 4.69) is 4.72 Å². The lowest BCUT2D eigenvalue weighted by Gasteiger charge is -2.13. The van der Waals surface area contributed by atoms with Crippen LogP contribution in [0.15, 0.2) is 23.1 Å². The molecule has 0 bridgehead atoms. The summed E-state index contributed by atoms with van der Waals surface area (Å²) in [6.07, 6.45) is 2.00. The van der Waals surface area contributed by atoms with Crippen LogP contribution in [0.1, 0.15) is 30.1 Å². The fourth-order valence-corrected chi connectivity index (χ4v) is 3.20. The van der Waals surface area contributed by atoms with Crippen LogP contribution in [0.4, 0.5) is 0 Å². The first-order valence-electron chi connectivity index (χ1n) is 5.90. The second kappa shape index (κ2) is 4.82. The zero-order valence-corrected chi connectivity index (χ0v) is 11.1. The third-order valence-electron chi connectivity index (χ3n) is 3.18. The Balaban J connectivity index is 2.29. The largest absolute Gasteiger partial charge is 0.507 e. The van der Waals surface area contributed by atoms with E-state index in [0.29, 0.717) is 5.92 Å². The number of carboxylic acid groups (broad SMARTS) is 1. The second-order valence-electron chi connectivity index (χ2n) is 4.73. The summed E-state index contributed by atoms with van der Waals surface area (Å²) >= 11 is 0. The predicted molar refractivity (Wildman–Crippen MR) is 67.6 cm³/mol. The number of phenols is 1. The highest BCUT2D eigenvalue weighted by Gasteiger charge is 2.31. The minimum absolute atomic E-state index is 0.157. The molecular weight excluding hydrogens is 270 g/mol. The molecule has 1 unspecified atom stereocenters. The Bertz CT molecular complexity index is 607. The molecule has 19 heavy (non-hydrogen) atoms. The molecule has 1 aromatic rings. The van der Waals surface area contributed by atoms with Gasteiger partial charge in [0.15, 0.2) is 0 Å². The van der Waals surface area contributed by atoms with Gasteiger partial charge in [0.25, 0.3) is 0 Å². The molecule has 2 rings (SSSR count). The van der Waals surface area contributed by atoms with Gasteiger partial charge in [-0.25, -0.2) is 17.9 Å². The van der Waals surface area contributed by atoms with Crippen LogP contribution >= 0.6 is 0 Å². The van der Waals surface area contributed by atoms with E-state index in [1.165, 1.54) is 6.07 Å². The maximum atomic E-state index is 12.1. The van der Waals surface area contributed by atoms with Crippen LogP contribution in [-0.2, 0) is 10.0 Å². The van der Waals surface area contributed by atoms with E-state index in [1.807, 2.05) is 0 Å². The number of carbonyl (C=O) groups is 1. The molecule has 6 nitrogen and oxygen atoms in total. The summed E-state index contributed by atoms with van der Waals surface area (Å²) in [5.74, 6) is -1.47. The lowest BCUT2D eigenvalue weighted by molar-refractivity contribution is 0.0693. The van der Waals surface area contributed by atoms with Crippen molar-refractivity contribution in [1.29, 1.82) is 0 Å². The minimum atomic E-state index is -3.76. The van der Waals surface area contributed by atoms with Gasteiger partial charge >= 0.3 is 5.97 Å². The standard InChI is InChI=1S/C12H15NO5S/c1-7(8-2-3-8)13-19(17,18)9-4-5-11(14)10(6-9)12(15)16/h4-8,13-14H,2-3H2,1H3,(H,15,16). The molecular formula is C12H15NO5S. The van der Waals surface area contributed by atoms with Crippen LogP contribution in [0.25, 0.3) is 0 Å². The first-order valence-corrected chi connectivity index (χ1v) is 7.38. The topological polar surface area (TPSA) is 104 Å². The molecule has 1 fully saturated rings. The molecule has 104 valence electrons. The Kier molecular flexibility index (Phi) is 3.51. The van der Waals surface area contributed by atoms with Crippen molar-refractivity contribution in [3.8, 4) is 5.75 Å². The van der Waals surface area contributed by atoms with Crippen molar-refractivity contribution in [1.82, 2.24) is 4.72 Å². The SMILES string of the molecule is CC(NS(=O)(=O)c1ccc(O)c(C(=O)O)c1)C1CC1. The second-order valence-corrected chi connectivity index (χ2v) is 6.45. The smallest absolute Gasteiger partial charge is 0.339 e. The number of carboxylic acids is 1. The van der Waals surface area contributed by atoms with Gasteiger partial charge in [0.2, 0.25) is 10.0 Å². The number of rotatable bonds is 5. The van der Waals surface area contributed by atoms with Crippen molar-refractivity contribution in [2.75, 3.05) is 0 Å². The summed E-state index contributed by atoms with van der Waals surface area (Å²) in [5.41, 5.74) is -0.429. The first kappa shape index (κ1) is 13.8. The summed E-state index contributed by atoms with van der Waals surface area (Å²) in [5, 5.41) is 18.2. The van der Waals surface area contributed by atoms with Gasteiger partial charge in [-0.3, -0.25) is 0 Å². The summed E-state index contributed by atoms with van der Waals surface area (Å²) in [6, 6.07) is 3.04. The Morgan fingerprint density at radius 2 is 2.05 bits per heavy atom. The van der Waals surface area contributed by atoms with E-state index >= 15 is 0 Å². The lowest BCUT2D eigenvalue weighted by atomic mass is 10.2. The van der Waals surface area contributed by atoms with Gasteiger partial charge < -0.3 is 10.2 Å². The number of nitrogens with one attached hydrogen (secondary N) is 1. The molecule has 7 heteroatoms. The van der Waals surface area contributed by atoms with E-state index in [0.717, 1.165) is 25.0 Å². The summed E-state index contributed by atoms with van der Waals surface area (Å²) in [4.78, 5) is 10.7. The highest BCUT2D eigenvalue weighted by Crippen LogP contribution is 2.33. The first-order chi connectivity index (χ1) is 8.81. The van der Waals surface area contributed by atoms with Crippen molar-refractivity contribution >= 4 is 16.0 Å². The molecule has 1 aromatic carbocycles. The number of benzene rings is 1. The van der Waals surface area contributed by atoms with Gasteiger partial charge in [-0.05, 0) is 43.9 Å². The van der Waals surface area contributed by atoms with Gasteiger partial charge in [-0.15, -0.1) is 0 Å². The van der Waals surface area contributed by atoms with Crippen LogP contribution in [0, 0.1) is 5.92 Å². The van der Waals surface area contributed by atoms with E-state index in [9.17, 15) is 18.3 Å². The van der Waals surface area contributed by atoms with Crippen LogP contribution in [0.3, 0.4) is 0 Å². The normalized spacial score (nSPS) is 17.1. The minimum Gasteiger partial charge on any atom is -0.507 e. The van der Waals surface area contributed by atoms with Crippen molar-refractivity contribution < 1.29 is 23.4 Å². The van der Waals surface area contributed by atoms with Crippen LogP contribution in [0.5, 0.6) is 5.75 Å². The molecule has 1 aliphatic carbocycles. The monoisotopic (exact) mass is 285 g/mol. The van der Waals surface area contributed by atoms with E-state index < -0.39 is 27.3 Å². The fourth-order valence-electron chi connectivity index (χ4n) is 1.86. The number of aromatic hydroxyl groups is 1. The average molecular weight is 285 g/mol. The van der Waals surface area contributed by atoms with Gasteiger partial charge in [0.1, 0.15) is 11.3 Å². The highest BCUT2D eigenvalue weighted by molar-refractivity contribution is 7.89. The number of sulfonamides is 1. The maximum absolute atomic E-state index is 12.1. The molecule has 1 saturated carbocycles. The molecule has 0 aliphatic heterocycles. The summed E-state index contributed by atoms with van der Waals surface area (Å²) in [7, 11) is -3.76. The van der Waals surface area contributed by atoms with Crippen molar-refractivity contribution in [3.63, 3.8) is 0 Å². The van der Waals surface area contributed by atoms with Gasteiger partial charge in [-0.1, -0.05) is 0 Å². The van der Waals surface area contributed by atoms with Crippen LogP contribution in [0.2, 0.25) is 0 Å². The van der Waals surface area contributed by atoms with Gasteiger partial charge in [-0.2, -0.15) is 0 Å². The third kappa shape index (κ3) is 3.05. The molecule has 1 aliphatic rings. The number of hydrogen-bond acceptors (Lipinski definition) is 4. The number of aromatic carboxylic acids is 1. The Labute approximate surface area is 111 Å². The average Bonchev–Trinajstić information content (AvgIpc) is 3.11. The molecule has 0 radical (unpaired) electrons. The quantitative estimate of drug-likeness (QED) is 0.753. The Morgan fingerprint density at radius 1 is 1.42 bits per heavy atom. The summed E-state index contributed by atoms with van der Waals surface area (Å²) < 4.78 is 26.7. The number of hydrogen-bond donors (Lipinski definition) is 3. The third-order valence-corrected chi connectivity index (χ3v) is 4.74. The molecule has 1 atom stereocenters. The molecule has 3 N–H and O–H groups in total.